The Morgan fingerprint density at radius 2 is 1.65 bits per heavy atom. The number of hydrogen-bond acceptors (Lipinski definition) is 1. The zero-order valence-corrected chi connectivity index (χ0v) is 14.4. The van der Waals surface area contributed by atoms with Crippen LogP contribution >= 0.6 is 15.9 Å². The number of alkyl halides is 1. The van der Waals surface area contributed by atoms with Gasteiger partial charge in [-0.3, -0.25) is 0 Å². The first-order valence-electron chi connectivity index (χ1n) is 7.44. The molecule has 0 aliphatic carbocycles. The molecule has 1 heterocycles. The van der Waals surface area contributed by atoms with Crippen LogP contribution in [-0.2, 0) is 19.3 Å². The van der Waals surface area contributed by atoms with Gasteiger partial charge in [-0.1, -0.05) is 48.8 Å². The first-order valence-corrected chi connectivity index (χ1v) is 8.36. The number of hydrogen-bond donors (Lipinski definition) is 0. The van der Waals surface area contributed by atoms with E-state index in [0.717, 1.165) is 25.0 Å². The summed E-state index contributed by atoms with van der Waals surface area (Å²) in [7, 11) is 0. The Morgan fingerprint density at radius 3 is 2.05 bits per heavy atom. The lowest BCUT2D eigenvalue weighted by atomic mass is 9.90. The van der Waals surface area contributed by atoms with Crippen LogP contribution in [0.1, 0.15) is 59.2 Å². The Kier molecular flexibility index (Phi) is 5.09. The SMILES string of the molecule is CCc1cc(CC)c(C(Br)c2ccoc2C)c(CC)c1. The standard InChI is InChI=1S/C18H23BrO/c1-5-13-10-14(6-2)17(15(7-3)11-13)18(19)16-8-9-20-12(16)4/h8-11,18H,5-7H2,1-4H3. The average molecular weight is 335 g/mol. The number of rotatable bonds is 5. The summed E-state index contributed by atoms with van der Waals surface area (Å²) in [6.07, 6.45) is 5.00. The van der Waals surface area contributed by atoms with Gasteiger partial charge in [-0.05, 0) is 54.5 Å². The molecular formula is C18H23BrO. The van der Waals surface area contributed by atoms with E-state index in [1.165, 1.54) is 27.8 Å². The van der Waals surface area contributed by atoms with Crippen molar-refractivity contribution in [3.05, 3.63) is 58.0 Å². The van der Waals surface area contributed by atoms with E-state index >= 15 is 0 Å². The van der Waals surface area contributed by atoms with Gasteiger partial charge in [0.1, 0.15) is 5.76 Å². The maximum Gasteiger partial charge on any atom is 0.105 e. The molecule has 2 rings (SSSR count). The number of aryl methyl sites for hydroxylation is 4. The predicted octanol–water partition coefficient (Wildman–Crippen LogP) is 5.76. The second kappa shape index (κ2) is 6.62. The molecule has 108 valence electrons. The largest absolute Gasteiger partial charge is 0.469 e. The topological polar surface area (TPSA) is 13.1 Å². The van der Waals surface area contributed by atoms with Crippen LogP contribution in [0.4, 0.5) is 0 Å². The fourth-order valence-corrected chi connectivity index (χ4v) is 3.84. The van der Waals surface area contributed by atoms with Gasteiger partial charge in [-0.25, -0.2) is 0 Å². The van der Waals surface area contributed by atoms with Gasteiger partial charge in [-0.15, -0.1) is 0 Å². The summed E-state index contributed by atoms with van der Waals surface area (Å²) in [5, 5.41) is 0. The highest BCUT2D eigenvalue weighted by atomic mass is 79.9. The molecule has 1 nitrogen and oxygen atoms in total. The van der Waals surface area contributed by atoms with Crippen LogP contribution in [0.2, 0.25) is 0 Å². The molecule has 0 amide bonds. The molecule has 2 heteroatoms. The normalized spacial score (nSPS) is 12.7. The van der Waals surface area contributed by atoms with Gasteiger partial charge in [0.25, 0.3) is 0 Å². The maximum absolute atomic E-state index is 5.47. The van der Waals surface area contributed by atoms with Crippen LogP contribution in [-0.4, -0.2) is 0 Å². The third-order valence-electron chi connectivity index (χ3n) is 4.01. The quantitative estimate of drug-likeness (QED) is 0.633. The molecule has 0 N–H and O–H groups in total. The molecule has 1 atom stereocenters. The summed E-state index contributed by atoms with van der Waals surface area (Å²) in [5.41, 5.74) is 6.99. The molecule has 20 heavy (non-hydrogen) atoms. The van der Waals surface area contributed by atoms with Crippen molar-refractivity contribution in [2.45, 2.75) is 51.8 Å². The van der Waals surface area contributed by atoms with Crippen molar-refractivity contribution in [2.24, 2.45) is 0 Å². The highest BCUT2D eigenvalue weighted by molar-refractivity contribution is 9.09. The lowest BCUT2D eigenvalue weighted by Crippen LogP contribution is -2.05. The van der Waals surface area contributed by atoms with Crippen molar-refractivity contribution in [3.8, 4) is 0 Å². The van der Waals surface area contributed by atoms with Crippen LogP contribution in [0.3, 0.4) is 0 Å². The molecule has 0 spiro atoms. The third-order valence-corrected chi connectivity index (χ3v) is 4.96. The van der Waals surface area contributed by atoms with Crippen molar-refractivity contribution in [1.82, 2.24) is 0 Å². The number of benzene rings is 1. The highest BCUT2D eigenvalue weighted by Crippen LogP contribution is 2.38. The molecule has 0 bridgehead atoms. The smallest absolute Gasteiger partial charge is 0.105 e. The van der Waals surface area contributed by atoms with E-state index < -0.39 is 0 Å². The predicted molar refractivity (Wildman–Crippen MR) is 88.8 cm³/mol. The molecule has 1 aromatic carbocycles. The Balaban J connectivity index is 2.57. The Labute approximate surface area is 130 Å². The zero-order chi connectivity index (χ0) is 14.7. The summed E-state index contributed by atoms with van der Waals surface area (Å²) in [6, 6.07) is 6.79. The molecule has 1 aromatic heterocycles. The summed E-state index contributed by atoms with van der Waals surface area (Å²) < 4.78 is 5.47. The molecular weight excluding hydrogens is 312 g/mol. The van der Waals surface area contributed by atoms with Crippen LogP contribution in [0.25, 0.3) is 0 Å². The molecule has 2 aromatic rings. The monoisotopic (exact) mass is 334 g/mol. The molecule has 0 saturated carbocycles. The van der Waals surface area contributed by atoms with Crippen molar-refractivity contribution >= 4 is 15.9 Å². The van der Waals surface area contributed by atoms with E-state index in [2.05, 4.69) is 54.9 Å². The Hall–Kier alpha value is -1.02. The van der Waals surface area contributed by atoms with Gasteiger partial charge in [0.05, 0.1) is 11.1 Å². The lowest BCUT2D eigenvalue weighted by Gasteiger charge is -2.20. The van der Waals surface area contributed by atoms with Crippen LogP contribution in [0.5, 0.6) is 0 Å². The van der Waals surface area contributed by atoms with Crippen molar-refractivity contribution in [3.63, 3.8) is 0 Å². The fourth-order valence-electron chi connectivity index (χ4n) is 2.78. The van der Waals surface area contributed by atoms with Crippen molar-refractivity contribution < 1.29 is 4.42 Å². The van der Waals surface area contributed by atoms with Gasteiger partial charge in [0.2, 0.25) is 0 Å². The van der Waals surface area contributed by atoms with Crippen LogP contribution in [0.15, 0.2) is 28.9 Å². The highest BCUT2D eigenvalue weighted by Gasteiger charge is 2.20. The second-order valence-corrected chi connectivity index (χ2v) is 6.10. The minimum atomic E-state index is 0.219. The molecule has 0 aliphatic heterocycles. The first-order chi connectivity index (χ1) is 9.62. The molecule has 0 aliphatic rings. The molecule has 0 radical (unpaired) electrons. The van der Waals surface area contributed by atoms with E-state index in [9.17, 15) is 0 Å². The van der Waals surface area contributed by atoms with E-state index in [4.69, 9.17) is 4.42 Å². The van der Waals surface area contributed by atoms with Crippen molar-refractivity contribution in [2.75, 3.05) is 0 Å². The molecule has 1 unspecified atom stereocenters. The van der Waals surface area contributed by atoms with Gasteiger partial charge < -0.3 is 4.42 Å². The van der Waals surface area contributed by atoms with E-state index in [1.54, 1.807) is 6.26 Å². The molecule has 0 fully saturated rings. The van der Waals surface area contributed by atoms with Gasteiger partial charge >= 0.3 is 0 Å². The van der Waals surface area contributed by atoms with Gasteiger partial charge in [0, 0.05) is 5.56 Å². The van der Waals surface area contributed by atoms with E-state index in [-0.39, 0.29) is 4.83 Å². The third kappa shape index (κ3) is 2.85. The minimum Gasteiger partial charge on any atom is -0.469 e. The number of halogens is 1. The first kappa shape index (κ1) is 15.4. The lowest BCUT2D eigenvalue weighted by molar-refractivity contribution is 0.530. The zero-order valence-electron chi connectivity index (χ0n) is 12.8. The minimum absolute atomic E-state index is 0.219. The van der Waals surface area contributed by atoms with E-state index in [0.29, 0.717) is 0 Å². The Morgan fingerprint density at radius 1 is 1.05 bits per heavy atom. The summed E-state index contributed by atoms with van der Waals surface area (Å²) >= 11 is 3.89. The summed E-state index contributed by atoms with van der Waals surface area (Å²) in [5.74, 6) is 0.996. The van der Waals surface area contributed by atoms with E-state index in [1.807, 2.05) is 6.92 Å². The second-order valence-electron chi connectivity index (χ2n) is 5.18. The Bertz CT molecular complexity index is 558. The maximum atomic E-state index is 5.47. The fraction of sp³-hybridized carbons (Fsp3) is 0.444. The summed E-state index contributed by atoms with van der Waals surface area (Å²) in [4.78, 5) is 0.219. The average Bonchev–Trinajstić information content (AvgIpc) is 2.91. The molecule has 0 saturated heterocycles. The van der Waals surface area contributed by atoms with Gasteiger partial charge in [0.15, 0.2) is 0 Å². The summed E-state index contributed by atoms with van der Waals surface area (Å²) in [6.45, 7) is 8.72. The van der Waals surface area contributed by atoms with Crippen LogP contribution < -0.4 is 0 Å². The van der Waals surface area contributed by atoms with Gasteiger partial charge in [-0.2, -0.15) is 0 Å². The number of furan rings is 1. The van der Waals surface area contributed by atoms with Crippen LogP contribution in [0, 0.1) is 6.92 Å². The van der Waals surface area contributed by atoms with Crippen molar-refractivity contribution in [1.29, 1.82) is 0 Å².